The third kappa shape index (κ3) is 5.15. The van der Waals surface area contributed by atoms with Gasteiger partial charge in [-0.1, -0.05) is 12.1 Å². The first kappa shape index (κ1) is 29.3. The van der Waals surface area contributed by atoms with Gasteiger partial charge in [-0.25, -0.2) is 25.9 Å². The molecule has 1 aliphatic heterocycles. The highest BCUT2D eigenvalue weighted by Gasteiger charge is 2.39. The first-order chi connectivity index (χ1) is 20.0. The number of fused-ring (bicyclic) bond motifs is 1. The number of nitriles is 1. The summed E-state index contributed by atoms with van der Waals surface area (Å²) < 4.78 is 71.0. The highest BCUT2D eigenvalue weighted by Crippen LogP contribution is 2.38. The lowest BCUT2D eigenvalue weighted by molar-refractivity contribution is 0.0996. The molecule has 2 aromatic carbocycles. The second kappa shape index (κ2) is 11.2. The number of anilines is 2. The molecule has 0 unspecified atom stereocenters. The fourth-order valence-corrected chi connectivity index (χ4v) is 6.36. The summed E-state index contributed by atoms with van der Waals surface area (Å²) in [5.41, 5.74) is -1.07. The molecule has 42 heavy (non-hydrogen) atoms. The quantitative estimate of drug-likeness (QED) is 0.293. The van der Waals surface area contributed by atoms with Crippen LogP contribution in [-0.4, -0.2) is 59.6 Å². The predicted octanol–water partition coefficient (Wildman–Crippen LogP) is 4.04. The molecule has 2 N–H and O–H groups in total. The van der Waals surface area contributed by atoms with E-state index >= 15 is 0 Å². The molecule has 0 saturated carbocycles. The molecule has 0 amide bonds. The van der Waals surface area contributed by atoms with Crippen molar-refractivity contribution in [1.82, 2.24) is 24.0 Å². The van der Waals surface area contributed by atoms with Crippen molar-refractivity contribution in [2.24, 2.45) is 0 Å². The highest BCUT2D eigenvalue weighted by molar-refractivity contribution is 7.89. The minimum absolute atomic E-state index is 0.0121. The summed E-state index contributed by atoms with van der Waals surface area (Å²) in [5.74, 6) is -3.09. The van der Waals surface area contributed by atoms with Gasteiger partial charge in [-0.15, -0.1) is 0 Å². The number of piperidine rings is 1. The van der Waals surface area contributed by atoms with E-state index in [1.54, 1.807) is 33.8 Å². The van der Waals surface area contributed by atoms with Crippen molar-refractivity contribution >= 4 is 32.4 Å². The van der Waals surface area contributed by atoms with Gasteiger partial charge in [0.1, 0.15) is 16.1 Å². The van der Waals surface area contributed by atoms with Crippen LogP contribution in [0.1, 0.15) is 24.8 Å². The van der Waals surface area contributed by atoms with Crippen LogP contribution >= 0.6 is 0 Å². The molecule has 4 aromatic rings. The molecule has 10 nitrogen and oxygen atoms in total. The van der Waals surface area contributed by atoms with Gasteiger partial charge in [0.05, 0.1) is 29.2 Å². The second-order valence-corrected chi connectivity index (χ2v) is 12.5. The summed E-state index contributed by atoms with van der Waals surface area (Å²) in [6.45, 7) is 0.476. The number of pyridine rings is 1. The number of aromatic nitrogens is 3. The van der Waals surface area contributed by atoms with E-state index < -0.39 is 38.6 Å². The van der Waals surface area contributed by atoms with Crippen LogP contribution in [0.5, 0.6) is 0 Å². The predicted molar refractivity (Wildman–Crippen MR) is 150 cm³/mol. The van der Waals surface area contributed by atoms with E-state index in [9.17, 15) is 31.6 Å². The van der Waals surface area contributed by atoms with Crippen molar-refractivity contribution in [3.05, 3.63) is 82.0 Å². The second-order valence-electron chi connectivity index (χ2n) is 10.4. The zero-order chi connectivity index (χ0) is 30.2. The molecule has 2 aromatic heterocycles. The van der Waals surface area contributed by atoms with Crippen LogP contribution in [-0.2, 0) is 22.1 Å². The van der Waals surface area contributed by atoms with Crippen LogP contribution < -0.4 is 10.9 Å². The number of hydrogen-bond acceptors (Lipinski definition) is 7. The van der Waals surface area contributed by atoms with Crippen molar-refractivity contribution in [2.45, 2.75) is 36.2 Å². The smallest absolute Gasteiger partial charge is 0.261 e. The van der Waals surface area contributed by atoms with Gasteiger partial charge in [0.2, 0.25) is 10.0 Å². The molecule has 5 rings (SSSR count). The van der Waals surface area contributed by atoms with E-state index in [1.165, 1.54) is 26.4 Å². The van der Waals surface area contributed by atoms with Crippen molar-refractivity contribution in [3.63, 3.8) is 0 Å². The fourth-order valence-electron chi connectivity index (χ4n) is 5.32. The van der Waals surface area contributed by atoms with Crippen LogP contribution in [0, 0.1) is 28.8 Å². The van der Waals surface area contributed by atoms with Crippen LogP contribution in [0.4, 0.5) is 24.7 Å². The maximum atomic E-state index is 14.3. The van der Waals surface area contributed by atoms with E-state index in [1.807, 2.05) is 0 Å². The Morgan fingerprint density at radius 1 is 1.10 bits per heavy atom. The molecule has 14 heteroatoms. The van der Waals surface area contributed by atoms with E-state index in [4.69, 9.17) is 5.10 Å². The van der Waals surface area contributed by atoms with Gasteiger partial charge in [0.25, 0.3) is 5.56 Å². The van der Waals surface area contributed by atoms with Crippen molar-refractivity contribution in [3.8, 4) is 6.07 Å². The van der Waals surface area contributed by atoms with Gasteiger partial charge in [-0.05, 0) is 43.2 Å². The first-order valence-electron chi connectivity index (χ1n) is 13.1. The third-order valence-electron chi connectivity index (χ3n) is 7.67. The number of halogens is 3. The first-order valence-corrected chi connectivity index (χ1v) is 14.5. The number of rotatable bonds is 8. The molecule has 1 saturated heterocycles. The molecule has 0 atom stereocenters. The van der Waals surface area contributed by atoms with Crippen molar-refractivity contribution in [2.75, 3.05) is 32.5 Å². The SMILES string of the molecule is CN(C)S(=O)(=O)c1ccccc1Nc1nn(C2(CC#N)CCN(Cc3c(F)ccc(F)c3F)CC2)c2cc[nH]c(=O)c12. The fraction of sp³-hybridized carbons (Fsp3) is 0.321. The average Bonchev–Trinajstić information content (AvgIpc) is 3.34. The van der Waals surface area contributed by atoms with Gasteiger partial charge in [-0.3, -0.25) is 14.4 Å². The largest absolute Gasteiger partial charge is 0.337 e. The zero-order valence-electron chi connectivity index (χ0n) is 22.9. The van der Waals surface area contributed by atoms with E-state index in [2.05, 4.69) is 16.4 Å². The number of nitrogens with one attached hydrogen (secondary N) is 2. The Kier molecular flexibility index (Phi) is 7.84. The minimum atomic E-state index is -3.84. The van der Waals surface area contributed by atoms with Gasteiger partial charge < -0.3 is 10.3 Å². The van der Waals surface area contributed by atoms with Gasteiger partial charge >= 0.3 is 0 Å². The topological polar surface area (TPSA) is 127 Å². The van der Waals surface area contributed by atoms with Crippen molar-refractivity contribution < 1.29 is 21.6 Å². The maximum Gasteiger partial charge on any atom is 0.261 e. The number of benzene rings is 2. The Bertz CT molecular complexity index is 1860. The Balaban J connectivity index is 1.52. The average molecular weight is 600 g/mol. The molecule has 0 bridgehead atoms. The standard InChI is InChI=1S/C28H28F3N7O3S/c1-36(2)42(40,41)23-6-4-3-5-21(23)34-26-24-22(9-14-33-27(24)39)38(35-26)28(10-13-32)11-15-37(16-12-28)17-18-19(29)7-8-20(30)25(18)31/h3-9,14H,10-12,15-17H2,1-2H3,(H,33,39)(H,34,35). The molecule has 0 aliphatic carbocycles. The van der Waals surface area contributed by atoms with Crippen molar-refractivity contribution in [1.29, 1.82) is 5.26 Å². The molecule has 0 spiro atoms. The monoisotopic (exact) mass is 599 g/mol. The summed E-state index contributed by atoms with van der Waals surface area (Å²) in [6, 6.07) is 11.7. The molecular weight excluding hydrogens is 571 g/mol. The van der Waals surface area contributed by atoms with E-state index in [0.29, 0.717) is 31.4 Å². The number of sulfonamides is 1. The van der Waals surface area contributed by atoms with Crippen LogP contribution in [0.25, 0.3) is 10.9 Å². The number of likely N-dealkylation sites (tertiary alicyclic amines) is 1. The Morgan fingerprint density at radius 3 is 2.48 bits per heavy atom. The number of aromatic amines is 1. The number of para-hydroxylation sites is 1. The lowest BCUT2D eigenvalue weighted by Gasteiger charge is -2.41. The molecule has 220 valence electrons. The summed E-state index contributed by atoms with van der Waals surface area (Å²) >= 11 is 0. The van der Waals surface area contributed by atoms with E-state index in [-0.39, 0.29) is 40.3 Å². The molecule has 1 aliphatic rings. The van der Waals surface area contributed by atoms with Crippen LogP contribution in [0.15, 0.2) is 58.4 Å². The normalized spacial score (nSPS) is 15.6. The maximum absolute atomic E-state index is 14.3. The lowest BCUT2D eigenvalue weighted by Crippen LogP contribution is -2.46. The summed E-state index contributed by atoms with van der Waals surface area (Å²) in [7, 11) is -1.02. The number of H-pyrrole nitrogens is 1. The Labute approximate surface area is 240 Å². The highest BCUT2D eigenvalue weighted by atomic mass is 32.2. The molecule has 3 heterocycles. The summed E-state index contributed by atoms with van der Waals surface area (Å²) in [4.78, 5) is 17.4. The Morgan fingerprint density at radius 2 is 1.79 bits per heavy atom. The third-order valence-corrected chi connectivity index (χ3v) is 9.54. The van der Waals surface area contributed by atoms with Gasteiger partial charge in [-0.2, -0.15) is 10.4 Å². The van der Waals surface area contributed by atoms with Gasteiger partial charge in [0.15, 0.2) is 17.5 Å². The van der Waals surface area contributed by atoms with Crippen LogP contribution in [0.3, 0.4) is 0 Å². The van der Waals surface area contributed by atoms with Crippen LogP contribution in [0.2, 0.25) is 0 Å². The van der Waals surface area contributed by atoms with E-state index in [0.717, 1.165) is 16.4 Å². The summed E-state index contributed by atoms with van der Waals surface area (Å²) in [5, 5.41) is 17.7. The summed E-state index contributed by atoms with van der Waals surface area (Å²) in [6.07, 6.45) is 2.17. The lowest BCUT2D eigenvalue weighted by atomic mass is 9.84. The molecule has 1 fully saturated rings. The Hall–Kier alpha value is -4.19. The number of nitrogens with zero attached hydrogens (tertiary/aromatic N) is 5. The zero-order valence-corrected chi connectivity index (χ0v) is 23.7. The molecular formula is C28H28F3N7O3S. The minimum Gasteiger partial charge on any atom is -0.337 e. The molecule has 0 radical (unpaired) electrons. The van der Waals surface area contributed by atoms with Gasteiger partial charge in [0, 0.05) is 45.5 Å². The number of hydrogen-bond donors (Lipinski definition) is 2.